The Morgan fingerprint density at radius 2 is 2.19 bits per heavy atom. The Labute approximate surface area is 96.0 Å². The second kappa shape index (κ2) is 4.55. The van der Waals surface area contributed by atoms with Crippen LogP contribution in [0.4, 0.5) is 0 Å². The Bertz CT molecular complexity index is 340. The largest absolute Gasteiger partial charge is 0.444 e. The molecule has 1 aromatic heterocycles. The number of hydrogen-bond donors (Lipinski definition) is 1. The fraction of sp³-hybridized carbons (Fsp3) is 0.750. The Kier molecular flexibility index (Phi) is 2.93. The van der Waals surface area contributed by atoms with Crippen LogP contribution in [0.5, 0.6) is 0 Å². The van der Waals surface area contributed by atoms with Crippen LogP contribution in [0, 0.1) is 0 Å². The average Bonchev–Trinajstić information content (AvgIpc) is 2.65. The molecule has 0 aromatic carbocycles. The third-order valence-electron chi connectivity index (χ3n) is 3.65. The van der Waals surface area contributed by atoms with Crippen molar-refractivity contribution in [1.29, 1.82) is 0 Å². The summed E-state index contributed by atoms with van der Waals surface area (Å²) in [4.78, 5) is 6.78. The van der Waals surface area contributed by atoms with Crippen LogP contribution < -0.4 is 5.32 Å². The van der Waals surface area contributed by atoms with Gasteiger partial charge in [0.25, 0.3) is 0 Å². The highest BCUT2D eigenvalue weighted by Crippen LogP contribution is 2.36. The normalized spacial score (nSPS) is 23.2. The number of piperazine rings is 1. The maximum absolute atomic E-state index is 5.82. The van der Waals surface area contributed by atoms with Crippen molar-refractivity contribution < 1.29 is 4.42 Å². The Morgan fingerprint density at radius 1 is 1.38 bits per heavy atom. The van der Waals surface area contributed by atoms with Gasteiger partial charge in [-0.15, -0.1) is 0 Å². The standard InChI is InChI=1S/C12H19N3O/c1-2-10(3-1)11-8-14-12(16-11)9-15-6-4-13-5-7-15/h8,10,13H,1-7,9H2. The predicted octanol–water partition coefficient (Wildman–Crippen LogP) is 1.35. The lowest BCUT2D eigenvalue weighted by Gasteiger charge is -2.26. The highest BCUT2D eigenvalue weighted by molar-refractivity contribution is 5.05. The van der Waals surface area contributed by atoms with Crippen LogP contribution in [0.25, 0.3) is 0 Å². The molecule has 0 radical (unpaired) electrons. The minimum absolute atomic E-state index is 0.657. The van der Waals surface area contributed by atoms with Crippen molar-refractivity contribution in [3.05, 3.63) is 17.8 Å². The fourth-order valence-electron chi connectivity index (χ4n) is 2.34. The third-order valence-corrected chi connectivity index (χ3v) is 3.65. The first kappa shape index (κ1) is 10.3. The fourth-order valence-corrected chi connectivity index (χ4v) is 2.34. The van der Waals surface area contributed by atoms with Crippen LogP contribution in [0.2, 0.25) is 0 Å². The first-order valence-corrected chi connectivity index (χ1v) is 6.29. The zero-order valence-electron chi connectivity index (χ0n) is 9.61. The van der Waals surface area contributed by atoms with Crippen molar-refractivity contribution in [2.75, 3.05) is 26.2 Å². The van der Waals surface area contributed by atoms with Gasteiger partial charge in [-0.1, -0.05) is 6.42 Å². The Morgan fingerprint density at radius 3 is 2.88 bits per heavy atom. The quantitative estimate of drug-likeness (QED) is 0.836. The molecule has 2 fully saturated rings. The smallest absolute Gasteiger partial charge is 0.208 e. The molecule has 4 nitrogen and oxygen atoms in total. The molecule has 0 unspecified atom stereocenters. The van der Waals surface area contributed by atoms with Gasteiger partial charge >= 0.3 is 0 Å². The zero-order chi connectivity index (χ0) is 10.8. The van der Waals surface area contributed by atoms with Crippen LogP contribution in [0.3, 0.4) is 0 Å². The summed E-state index contributed by atoms with van der Waals surface area (Å²) < 4.78 is 5.82. The molecule has 0 atom stereocenters. The van der Waals surface area contributed by atoms with Gasteiger partial charge in [-0.25, -0.2) is 4.98 Å². The summed E-state index contributed by atoms with van der Waals surface area (Å²) in [5.74, 6) is 2.66. The highest BCUT2D eigenvalue weighted by atomic mass is 16.4. The van der Waals surface area contributed by atoms with Gasteiger partial charge in [0.1, 0.15) is 5.76 Å². The number of nitrogens with one attached hydrogen (secondary N) is 1. The van der Waals surface area contributed by atoms with Crippen molar-refractivity contribution in [2.45, 2.75) is 31.7 Å². The minimum Gasteiger partial charge on any atom is -0.444 e. The van der Waals surface area contributed by atoms with Crippen molar-refractivity contribution in [2.24, 2.45) is 0 Å². The van der Waals surface area contributed by atoms with Gasteiger partial charge < -0.3 is 9.73 Å². The molecule has 1 saturated heterocycles. The summed E-state index contributed by atoms with van der Waals surface area (Å²) in [6.07, 6.45) is 5.84. The van der Waals surface area contributed by atoms with Crippen molar-refractivity contribution >= 4 is 0 Å². The molecule has 2 heterocycles. The zero-order valence-corrected chi connectivity index (χ0v) is 9.61. The van der Waals surface area contributed by atoms with Crippen LogP contribution in [-0.2, 0) is 6.54 Å². The van der Waals surface area contributed by atoms with E-state index in [4.69, 9.17) is 4.42 Å². The van der Waals surface area contributed by atoms with E-state index < -0.39 is 0 Å². The summed E-state index contributed by atoms with van der Waals surface area (Å²) in [5.41, 5.74) is 0. The number of aromatic nitrogens is 1. The van der Waals surface area contributed by atoms with Crippen LogP contribution >= 0.6 is 0 Å². The van der Waals surface area contributed by atoms with Crippen LogP contribution in [0.1, 0.15) is 36.8 Å². The molecule has 1 aliphatic heterocycles. The first-order valence-electron chi connectivity index (χ1n) is 6.29. The van der Waals surface area contributed by atoms with Gasteiger partial charge in [-0.05, 0) is 12.8 Å². The lowest BCUT2D eigenvalue weighted by Crippen LogP contribution is -2.42. The van der Waals surface area contributed by atoms with E-state index in [1.807, 2.05) is 6.20 Å². The number of hydrogen-bond acceptors (Lipinski definition) is 4. The van der Waals surface area contributed by atoms with Gasteiger partial charge in [-0.2, -0.15) is 0 Å². The van der Waals surface area contributed by atoms with Gasteiger partial charge in [0.05, 0.1) is 12.7 Å². The molecule has 88 valence electrons. The Balaban J connectivity index is 1.58. The second-order valence-corrected chi connectivity index (χ2v) is 4.81. The summed E-state index contributed by atoms with van der Waals surface area (Å²) in [5, 5.41) is 3.35. The van der Waals surface area contributed by atoms with Crippen molar-refractivity contribution in [3.8, 4) is 0 Å². The predicted molar refractivity (Wildman–Crippen MR) is 61.2 cm³/mol. The summed E-state index contributed by atoms with van der Waals surface area (Å²) in [6, 6.07) is 0. The van der Waals surface area contributed by atoms with Crippen molar-refractivity contribution in [3.63, 3.8) is 0 Å². The molecule has 1 N–H and O–H groups in total. The van der Waals surface area contributed by atoms with Gasteiger partial charge in [0, 0.05) is 32.1 Å². The molecule has 16 heavy (non-hydrogen) atoms. The van der Waals surface area contributed by atoms with Gasteiger partial charge in [0.15, 0.2) is 0 Å². The maximum atomic E-state index is 5.82. The average molecular weight is 221 g/mol. The van der Waals surface area contributed by atoms with E-state index >= 15 is 0 Å². The molecule has 0 bridgehead atoms. The SMILES string of the molecule is c1nc(CN2CCNCC2)oc1C1CCC1. The molecule has 1 aromatic rings. The van der Waals surface area contributed by atoms with E-state index in [1.54, 1.807) is 0 Å². The molecule has 4 heteroatoms. The minimum atomic E-state index is 0.657. The third kappa shape index (κ3) is 2.13. The molecule has 2 aliphatic rings. The second-order valence-electron chi connectivity index (χ2n) is 4.81. The monoisotopic (exact) mass is 221 g/mol. The lowest BCUT2D eigenvalue weighted by molar-refractivity contribution is 0.207. The van der Waals surface area contributed by atoms with E-state index in [0.717, 1.165) is 44.4 Å². The molecule has 0 spiro atoms. The van der Waals surface area contributed by atoms with E-state index in [-0.39, 0.29) is 0 Å². The number of oxazole rings is 1. The van der Waals surface area contributed by atoms with Gasteiger partial charge in [0.2, 0.25) is 5.89 Å². The number of rotatable bonds is 3. The summed E-state index contributed by atoms with van der Waals surface area (Å²) in [7, 11) is 0. The van der Waals surface area contributed by atoms with Gasteiger partial charge in [-0.3, -0.25) is 4.90 Å². The lowest BCUT2D eigenvalue weighted by atomic mass is 9.84. The summed E-state index contributed by atoms with van der Waals surface area (Å²) in [6.45, 7) is 5.23. The molecule has 1 saturated carbocycles. The highest BCUT2D eigenvalue weighted by Gasteiger charge is 2.23. The van der Waals surface area contributed by atoms with E-state index in [2.05, 4.69) is 15.2 Å². The molecule has 1 aliphatic carbocycles. The van der Waals surface area contributed by atoms with Crippen LogP contribution in [0.15, 0.2) is 10.6 Å². The molecular formula is C12H19N3O. The molecule has 0 amide bonds. The van der Waals surface area contributed by atoms with E-state index in [9.17, 15) is 0 Å². The van der Waals surface area contributed by atoms with Crippen LogP contribution in [-0.4, -0.2) is 36.1 Å². The van der Waals surface area contributed by atoms with Crippen molar-refractivity contribution in [1.82, 2.24) is 15.2 Å². The maximum Gasteiger partial charge on any atom is 0.208 e. The number of nitrogens with zero attached hydrogens (tertiary/aromatic N) is 2. The Hall–Kier alpha value is -0.870. The van der Waals surface area contributed by atoms with E-state index in [0.29, 0.717) is 5.92 Å². The molecule has 3 rings (SSSR count). The molecular weight excluding hydrogens is 202 g/mol. The topological polar surface area (TPSA) is 41.3 Å². The van der Waals surface area contributed by atoms with E-state index in [1.165, 1.54) is 19.3 Å². The summed E-state index contributed by atoms with van der Waals surface area (Å²) >= 11 is 0. The first-order chi connectivity index (χ1) is 7.92.